The molecule has 1 fully saturated rings. The van der Waals surface area contributed by atoms with Gasteiger partial charge in [0.1, 0.15) is 0 Å². The van der Waals surface area contributed by atoms with Crippen molar-refractivity contribution in [2.75, 3.05) is 13.1 Å². The van der Waals surface area contributed by atoms with Gasteiger partial charge in [-0.1, -0.05) is 0 Å². The number of aromatic nitrogens is 2. The molecule has 1 aliphatic heterocycles. The van der Waals surface area contributed by atoms with Gasteiger partial charge >= 0.3 is 207 Å². The maximum absolute atomic E-state index is 12.5. The molecule has 2 rings (SSSR count). The molecule has 33 heavy (non-hydrogen) atoms. The molecule has 1 saturated heterocycles. The predicted molar refractivity (Wildman–Crippen MR) is 138 cm³/mol. The number of carbonyl (C=O) groups excluding carboxylic acids is 1. The first kappa shape index (κ1) is 28.2. The van der Waals surface area contributed by atoms with Crippen LogP contribution in [0, 0.1) is 0 Å². The predicted octanol–water partition coefficient (Wildman–Crippen LogP) is 6.31. The molecule has 2 heterocycles. The third-order valence-electron chi connectivity index (χ3n) is 6.50. The second-order valence-electron chi connectivity index (χ2n) is 10.6. The van der Waals surface area contributed by atoms with E-state index in [-0.39, 0.29) is 12.2 Å². The molecule has 6 nitrogen and oxygen atoms in total. The number of hydrogen-bond acceptors (Lipinski definition) is 5. The molecule has 1 atom stereocenters. The average Bonchev–Trinajstić information content (AvgIpc) is 2.78. The van der Waals surface area contributed by atoms with Crippen molar-refractivity contribution in [2.45, 2.75) is 118 Å². The molecule has 0 radical (unpaired) electrons. The molecule has 0 aromatic carbocycles. The standard InChI is InChI=1S/C14H20N3O3.3C4H9.Sn/c1-14(2,3)20-13(18)17-8-4-5-11(10-17)19-12-9-15-6-7-16-12;3*1-3-4-2;/h6,9,11H,4-5,8,10H2,1-3H3;3*1,3-4H2,2H3;/t11-;;;;/m1..../s1. The Morgan fingerprint density at radius 2 is 1.67 bits per heavy atom. The van der Waals surface area contributed by atoms with Gasteiger partial charge in [0.05, 0.1) is 0 Å². The van der Waals surface area contributed by atoms with Gasteiger partial charge in [-0.05, 0) is 0 Å². The molecule has 7 heteroatoms. The van der Waals surface area contributed by atoms with Gasteiger partial charge in [-0.2, -0.15) is 0 Å². The third kappa shape index (κ3) is 9.25. The molecule has 0 spiro atoms. The molecule has 188 valence electrons. The number of ether oxygens (including phenoxy) is 2. The third-order valence-corrected chi connectivity index (χ3v) is 21.5. The van der Waals surface area contributed by atoms with Crippen LogP contribution in [0.25, 0.3) is 0 Å². The summed E-state index contributed by atoms with van der Waals surface area (Å²) in [4.78, 5) is 24.0. The summed E-state index contributed by atoms with van der Waals surface area (Å²) >= 11 is -2.65. The van der Waals surface area contributed by atoms with Gasteiger partial charge < -0.3 is 0 Å². The van der Waals surface area contributed by atoms with E-state index in [9.17, 15) is 4.79 Å². The van der Waals surface area contributed by atoms with Crippen molar-refractivity contribution in [1.29, 1.82) is 0 Å². The van der Waals surface area contributed by atoms with Gasteiger partial charge in [0, 0.05) is 0 Å². The molecular formula is C26H47N3O3Sn. The van der Waals surface area contributed by atoms with Crippen LogP contribution in [-0.2, 0) is 4.74 Å². The number of piperidine rings is 1. The van der Waals surface area contributed by atoms with E-state index >= 15 is 0 Å². The Bertz CT molecular complexity index is 701. The summed E-state index contributed by atoms with van der Waals surface area (Å²) in [6.07, 6.45) is 12.9. The Morgan fingerprint density at radius 1 is 1.06 bits per heavy atom. The van der Waals surface area contributed by atoms with E-state index in [1.54, 1.807) is 11.1 Å². The fourth-order valence-electron chi connectivity index (χ4n) is 4.66. The fraction of sp³-hybridized carbons (Fsp3) is 0.808. The number of unbranched alkanes of at least 4 members (excludes halogenated alkanes) is 3. The summed E-state index contributed by atoms with van der Waals surface area (Å²) < 4.78 is 17.3. The summed E-state index contributed by atoms with van der Waals surface area (Å²) in [5.41, 5.74) is -0.490. The number of nitrogens with zero attached hydrogens (tertiary/aromatic N) is 3. The van der Waals surface area contributed by atoms with Crippen LogP contribution in [0.5, 0.6) is 5.88 Å². The van der Waals surface area contributed by atoms with E-state index < -0.39 is 24.0 Å². The summed E-state index contributed by atoms with van der Waals surface area (Å²) in [6, 6.07) is 0. The van der Waals surface area contributed by atoms with Crippen molar-refractivity contribution in [3.05, 3.63) is 12.4 Å². The second kappa shape index (κ2) is 13.7. The Kier molecular flexibility index (Phi) is 11.7. The first-order valence-electron chi connectivity index (χ1n) is 13.2. The van der Waals surface area contributed by atoms with E-state index in [0.29, 0.717) is 19.0 Å². The van der Waals surface area contributed by atoms with Crippen LogP contribution in [0.4, 0.5) is 4.79 Å². The van der Waals surface area contributed by atoms with Crippen LogP contribution < -0.4 is 8.45 Å². The molecule has 1 aromatic heterocycles. The molecule has 1 amide bonds. The Morgan fingerprint density at radius 3 is 2.21 bits per heavy atom. The zero-order chi connectivity index (χ0) is 24.3. The normalized spacial score (nSPS) is 17.2. The van der Waals surface area contributed by atoms with Crippen molar-refractivity contribution in [2.24, 2.45) is 0 Å². The van der Waals surface area contributed by atoms with Crippen molar-refractivity contribution in [1.82, 2.24) is 14.9 Å². The minimum atomic E-state index is -2.65. The van der Waals surface area contributed by atoms with Gasteiger partial charge in [-0.25, -0.2) is 0 Å². The summed E-state index contributed by atoms with van der Waals surface area (Å²) in [5.74, 6) is 0.633. The van der Waals surface area contributed by atoms with Gasteiger partial charge in [0.15, 0.2) is 0 Å². The SMILES string of the molecule is CCC[CH2][Sn]([CH2]CCC)([CH2]CCC)[c]1cncc(O[C@@H]2CCCN(C(=O)OC(C)(C)C)C2)n1. The molecule has 0 unspecified atom stereocenters. The van der Waals surface area contributed by atoms with E-state index in [4.69, 9.17) is 14.5 Å². The van der Waals surface area contributed by atoms with Gasteiger partial charge in [0.2, 0.25) is 0 Å². The van der Waals surface area contributed by atoms with Gasteiger partial charge in [0.25, 0.3) is 0 Å². The fourth-order valence-corrected chi connectivity index (χ4v) is 19.8. The van der Waals surface area contributed by atoms with Crippen molar-refractivity contribution >= 4 is 28.2 Å². The summed E-state index contributed by atoms with van der Waals surface area (Å²) in [6.45, 7) is 13.8. The number of rotatable bonds is 12. The van der Waals surface area contributed by atoms with E-state index in [1.165, 1.54) is 55.5 Å². The van der Waals surface area contributed by atoms with Crippen LogP contribution >= 0.6 is 0 Å². The molecule has 0 saturated carbocycles. The average molecular weight is 568 g/mol. The maximum atomic E-state index is 12.5. The molecule has 1 aromatic rings. The Labute approximate surface area is 206 Å². The van der Waals surface area contributed by atoms with Crippen molar-refractivity contribution < 1.29 is 14.3 Å². The Balaban J connectivity index is 2.17. The van der Waals surface area contributed by atoms with Crippen molar-refractivity contribution in [3.8, 4) is 5.88 Å². The minimum absolute atomic E-state index is 0.0673. The first-order valence-corrected chi connectivity index (χ1v) is 20.7. The number of carbonyl (C=O) groups is 1. The second-order valence-corrected chi connectivity index (χ2v) is 23.7. The molecule has 0 bridgehead atoms. The monoisotopic (exact) mass is 569 g/mol. The molecular weight excluding hydrogens is 521 g/mol. The quantitative estimate of drug-likeness (QED) is 0.277. The van der Waals surface area contributed by atoms with Gasteiger partial charge in [-0.15, -0.1) is 0 Å². The number of likely N-dealkylation sites (tertiary alicyclic amines) is 1. The van der Waals surface area contributed by atoms with Gasteiger partial charge in [-0.3, -0.25) is 0 Å². The van der Waals surface area contributed by atoms with Crippen molar-refractivity contribution in [3.63, 3.8) is 0 Å². The summed E-state index contributed by atoms with van der Waals surface area (Å²) in [7, 11) is 0. The van der Waals surface area contributed by atoms with Crippen LogP contribution in [0.1, 0.15) is 92.9 Å². The topological polar surface area (TPSA) is 64.5 Å². The van der Waals surface area contributed by atoms with E-state index in [2.05, 4.69) is 32.0 Å². The molecule has 1 aliphatic rings. The van der Waals surface area contributed by atoms with E-state index in [1.807, 2.05) is 20.8 Å². The van der Waals surface area contributed by atoms with Crippen LogP contribution in [0.3, 0.4) is 0 Å². The first-order chi connectivity index (χ1) is 15.7. The number of amides is 1. The molecule has 0 N–H and O–H groups in total. The van der Waals surface area contributed by atoms with Crippen LogP contribution in [0.15, 0.2) is 12.4 Å². The zero-order valence-corrected chi connectivity index (χ0v) is 24.8. The van der Waals surface area contributed by atoms with Crippen LogP contribution in [-0.4, -0.2) is 64.1 Å². The van der Waals surface area contributed by atoms with Crippen LogP contribution in [0.2, 0.25) is 13.3 Å². The Hall–Kier alpha value is -1.05. The molecule has 0 aliphatic carbocycles. The zero-order valence-electron chi connectivity index (χ0n) is 22.0. The summed E-state index contributed by atoms with van der Waals surface area (Å²) in [5, 5.41) is 0. The van der Waals surface area contributed by atoms with E-state index in [0.717, 1.165) is 12.8 Å². The number of hydrogen-bond donors (Lipinski definition) is 0.